The number of ether oxygens (including phenoxy) is 1. The molecule has 0 saturated carbocycles. The maximum absolute atomic E-state index is 11.8. The van der Waals surface area contributed by atoms with Gasteiger partial charge in [0.15, 0.2) is 11.6 Å². The van der Waals surface area contributed by atoms with E-state index in [-0.39, 0.29) is 29.1 Å². The van der Waals surface area contributed by atoms with E-state index in [4.69, 9.17) is 0 Å². The van der Waals surface area contributed by atoms with Crippen molar-refractivity contribution in [1.82, 2.24) is 0 Å². The smallest absolute Gasteiger partial charge is 0.346 e. The highest BCUT2D eigenvalue weighted by atomic mass is 16.6. The Labute approximate surface area is 124 Å². The summed E-state index contributed by atoms with van der Waals surface area (Å²) in [5, 5.41) is 0. The van der Waals surface area contributed by atoms with Crippen LogP contribution in [0, 0.1) is 0 Å². The van der Waals surface area contributed by atoms with Crippen LogP contribution in [0.5, 0.6) is 0 Å². The average molecular weight is 292 g/mol. The fraction of sp³-hybridized carbons (Fsp3) is 0.0588. The molecule has 1 heterocycles. The lowest BCUT2D eigenvalue weighted by molar-refractivity contribution is 0.0443. The number of Topliss-reactive ketones (excluding diaryl/α,β-unsaturated/α-hetero) is 2. The van der Waals surface area contributed by atoms with Crippen molar-refractivity contribution in [1.29, 1.82) is 0 Å². The van der Waals surface area contributed by atoms with Gasteiger partial charge in [-0.25, -0.2) is 9.59 Å². The fourth-order valence-corrected chi connectivity index (χ4v) is 2.80. The molecule has 0 saturated heterocycles. The topological polar surface area (TPSA) is 77.5 Å². The number of ketones is 2. The molecule has 1 aliphatic carbocycles. The second kappa shape index (κ2) is 4.21. The second-order valence-corrected chi connectivity index (χ2v) is 5.22. The summed E-state index contributed by atoms with van der Waals surface area (Å²) in [6.45, 7) is 0. The number of carbonyl (C=O) groups is 4. The quantitative estimate of drug-likeness (QED) is 0.596. The third kappa shape index (κ3) is 1.65. The van der Waals surface area contributed by atoms with Gasteiger partial charge < -0.3 is 4.74 Å². The Balaban J connectivity index is 1.84. The van der Waals surface area contributed by atoms with Crippen molar-refractivity contribution < 1.29 is 23.9 Å². The van der Waals surface area contributed by atoms with Crippen LogP contribution < -0.4 is 0 Å². The molecule has 22 heavy (non-hydrogen) atoms. The van der Waals surface area contributed by atoms with Crippen LogP contribution in [0.2, 0.25) is 0 Å². The van der Waals surface area contributed by atoms with Gasteiger partial charge in [0.25, 0.3) is 0 Å². The summed E-state index contributed by atoms with van der Waals surface area (Å²) in [6, 6.07) is 9.76. The summed E-state index contributed by atoms with van der Waals surface area (Å²) in [6.07, 6.45) is -0.0935. The minimum atomic E-state index is -0.672. The molecule has 4 rings (SSSR count). The standard InChI is InChI=1S/C17H8O5/c18-14-7-15(19)12-5-8(1-3-10(12)14)9-2-4-11-13(6-9)17(21)22-16(11)20/h1-6H,7H2. The Morgan fingerprint density at radius 2 is 1.18 bits per heavy atom. The molecule has 2 aliphatic rings. The Hall–Kier alpha value is -3.08. The van der Waals surface area contributed by atoms with Gasteiger partial charge in [0.05, 0.1) is 17.5 Å². The maximum atomic E-state index is 11.8. The van der Waals surface area contributed by atoms with E-state index in [2.05, 4.69) is 4.74 Å². The van der Waals surface area contributed by atoms with Crippen LogP contribution in [0.15, 0.2) is 36.4 Å². The zero-order valence-corrected chi connectivity index (χ0v) is 11.2. The van der Waals surface area contributed by atoms with Gasteiger partial charge in [-0.2, -0.15) is 0 Å². The van der Waals surface area contributed by atoms with Crippen LogP contribution in [0.25, 0.3) is 11.1 Å². The van der Waals surface area contributed by atoms with Crippen LogP contribution >= 0.6 is 0 Å². The van der Waals surface area contributed by atoms with Gasteiger partial charge in [-0.1, -0.05) is 18.2 Å². The van der Waals surface area contributed by atoms with E-state index in [1.807, 2.05) is 0 Å². The molecule has 0 radical (unpaired) electrons. The van der Waals surface area contributed by atoms with E-state index < -0.39 is 11.9 Å². The van der Waals surface area contributed by atoms with Crippen LogP contribution in [0.4, 0.5) is 0 Å². The number of rotatable bonds is 1. The number of carbonyl (C=O) groups excluding carboxylic acids is 4. The Kier molecular flexibility index (Phi) is 2.42. The van der Waals surface area contributed by atoms with Crippen molar-refractivity contribution in [2.24, 2.45) is 0 Å². The number of esters is 2. The van der Waals surface area contributed by atoms with Gasteiger partial charge in [0, 0.05) is 11.1 Å². The van der Waals surface area contributed by atoms with E-state index in [0.29, 0.717) is 22.3 Å². The van der Waals surface area contributed by atoms with Crippen LogP contribution in [-0.4, -0.2) is 23.5 Å². The molecule has 0 unspecified atom stereocenters. The molecule has 0 atom stereocenters. The Morgan fingerprint density at radius 1 is 0.636 bits per heavy atom. The predicted molar refractivity (Wildman–Crippen MR) is 74.9 cm³/mol. The highest BCUT2D eigenvalue weighted by molar-refractivity contribution is 6.24. The van der Waals surface area contributed by atoms with Crippen molar-refractivity contribution in [3.63, 3.8) is 0 Å². The van der Waals surface area contributed by atoms with Gasteiger partial charge in [-0.15, -0.1) is 0 Å². The Bertz CT molecular complexity index is 832. The van der Waals surface area contributed by atoms with Gasteiger partial charge >= 0.3 is 11.9 Å². The summed E-state index contributed by atoms with van der Waals surface area (Å²) >= 11 is 0. The number of hydrogen-bond acceptors (Lipinski definition) is 5. The number of benzene rings is 2. The number of cyclic esters (lactones) is 2. The first-order valence-electron chi connectivity index (χ1n) is 6.66. The third-order valence-corrected chi connectivity index (χ3v) is 3.92. The van der Waals surface area contributed by atoms with Gasteiger partial charge in [0.1, 0.15) is 0 Å². The van der Waals surface area contributed by atoms with Crippen LogP contribution in [0.1, 0.15) is 47.9 Å². The van der Waals surface area contributed by atoms with E-state index in [1.165, 1.54) is 6.07 Å². The number of hydrogen-bond donors (Lipinski definition) is 0. The van der Waals surface area contributed by atoms with Crippen molar-refractivity contribution in [3.8, 4) is 11.1 Å². The minimum absolute atomic E-state index is 0.0935. The zero-order valence-electron chi connectivity index (χ0n) is 11.2. The summed E-state index contributed by atoms with van der Waals surface area (Å²) in [5.41, 5.74) is 2.68. The molecule has 0 spiro atoms. The summed E-state index contributed by atoms with van der Waals surface area (Å²) < 4.78 is 4.55. The molecule has 0 aromatic heterocycles. The number of fused-ring (bicyclic) bond motifs is 2. The van der Waals surface area contributed by atoms with Crippen LogP contribution in [-0.2, 0) is 4.74 Å². The van der Waals surface area contributed by atoms with Crippen molar-refractivity contribution in [2.75, 3.05) is 0 Å². The van der Waals surface area contributed by atoms with Gasteiger partial charge in [-0.3, -0.25) is 9.59 Å². The van der Waals surface area contributed by atoms with Crippen LogP contribution in [0.3, 0.4) is 0 Å². The lowest BCUT2D eigenvalue weighted by Gasteiger charge is -2.05. The van der Waals surface area contributed by atoms with Crippen molar-refractivity contribution in [2.45, 2.75) is 6.42 Å². The lowest BCUT2D eigenvalue weighted by atomic mass is 9.97. The first-order valence-corrected chi connectivity index (χ1v) is 6.66. The molecule has 5 heteroatoms. The summed E-state index contributed by atoms with van der Waals surface area (Å²) in [4.78, 5) is 46.5. The van der Waals surface area contributed by atoms with E-state index in [1.54, 1.807) is 30.3 Å². The minimum Gasteiger partial charge on any atom is -0.386 e. The largest absolute Gasteiger partial charge is 0.386 e. The molecule has 0 fully saturated rings. The van der Waals surface area contributed by atoms with Crippen molar-refractivity contribution >= 4 is 23.5 Å². The second-order valence-electron chi connectivity index (χ2n) is 5.22. The normalized spacial score (nSPS) is 15.8. The van der Waals surface area contributed by atoms with E-state index in [9.17, 15) is 19.2 Å². The molecule has 0 amide bonds. The first-order chi connectivity index (χ1) is 10.5. The molecule has 5 nitrogen and oxygen atoms in total. The van der Waals surface area contributed by atoms with E-state index in [0.717, 1.165) is 0 Å². The first kappa shape index (κ1) is 12.6. The molecule has 0 N–H and O–H groups in total. The van der Waals surface area contributed by atoms with Gasteiger partial charge in [0.2, 0.25) is 0 Å². The maximum Gasteiger partial charge on any atom is 0.346 e. The van der Waals surface area contributed by atoms with E-state index >= 15 is 0 Å². The monoisotopic (exact) mass is 292 g/mol. The highest BCUT2D eigenvalue weighted by Gasteiger charge is 2.30. The molecule has 0 bridgehead atoms. The molecule has 106 valence electrons. The fourth-order valence-electron chi connectivity index (χ4n) is 2.80. The lowest BCUT2D eigenvalue weighted by Crippen LogP contribution is -1.96. The molecule has 1 aliphatic heterocycles. The highest BCUT2D eigenvalue weighted by Crippen LogP contribution is 2.31. The predicted octanol–water partition coefficient (Wildman–Crippen LogP) is 2.43. The molecule has 2 aromatic rings. The summed E-state index contributed by atoms with van der Waals surface area (Å²) in [5.74, 6) is -1.69. The van der Waals surface area contributed by atoms with Gasteiger partial charge in [-0.05, 0) is 29.3 Å². The zero-order chi connectivity index (χ0) is 15.4. The molecular weight excluding hydrogens is 284 g/mol. The molecular formula is C17H8O5. The summed E-state index contributed by atoms with van der Waals surface area (Å²) in [7, 11) is 0. The SMILES string of the molecule is O=C1CC(=O)c2cc(-c3ccc4c(c3)C(=O)OC4=O)ccc21. The molecule has 2 aromatic carbocycles. The average Bonchev–Trinajstić information content (AvgIpc) is 2.96. The third-order valence-electron chi connectivity index (χ3n) is 3.92. The Morgan fingerprint density at radius 3 is 1.91 bits per heavy atom. The van der Waals surface area contributed by atoms with Crippen molar-refractivity contribution in [3.05, 3.63) is 58.7 Å².